The first-order valence-electron chi connectivity index (χ1n) is 5.07. The topological polar surface area (TPSA) is 46.0 Å². The maximum absolute atomic E-state index is 8.87. The Kier molecular flexibility index (Phi) is 4.36. The van der Waals surface area contributed by atoms with Crippen molar-refractivity contribution in [3.8, 4) is 0 Å². The van der Waals surface area contributed by atoms with E-state index in [2.05, 4.69) is 9.97 Å². The smallest absolute Gasteiger partial charge is 0.138 e. The van der Waals surface area contributed by atoms with Crippen molar-refractivity contribution in [1.29, 1.82) is 0 Å². The van der Waals surface area contributed by atoms with E-state index in [4.69, 9.17) is 16.7 Å². The summed E-state index contributed by atoms with van der Waals surface area (Å²) in [7, 11) is 0. The Morgan fingerprint density at radius 3 is 2.53 bits per heavy atom. The van der Waals surface area contributed by atoms with E-state index in [9.17, 15) is 0 Å². The lowest BCUT2D eigenvalue weighted by atomic mass is 10.4. The minimum absolute atomic E-state index is 0.0298. The Balaban J connectivity index is 2.00. The van der Waals surface area contributed by atoms with Crippen LogP contribution in [0.25, 0.3) is 0 Å². The molecule has 0 saturated carbocycles. The number of benzene rings is 1. The fourth-order valence-electron chi connectivity index (χ4n) is 1.24. The summed E-state index contributed by atoms with van der Waals surface area (Å²) in [6.45, 7) is -0.0298. The van der Waals surface area contributed by atoms with E-state index < -0.39 is 0 Å². The highest BCUT2D eigenvalue weighted by molar-refractivity contribution is 7.98. The molecule has 0 amide bonds. The highest BCUT2D eigenvalue weighted by atomic mass is 35.5. The van der Waals surface area contributed by atoms with Gasteiger partial charge < -0.3 is 5.11 Å². The third-order valence-electron chi connectivity index (χ3n) is 2.13. The molecule has 1 N–H and O–H groups in total. The van der Waals surface area contributed by atoms with E-state index in [-0.39, 0.29) is 6.61 Å². The van der Waals surface area contributed by atoms with Crippen LogP contribution in [-0.4, -0.2) is 15.1 Å². The highest BCUT2D eigenvalue weighted by Crippen LogP contribution is 2.28. The van der Waals surface area contributed by atoms with Crippen LogP contribution in [0.1, 0.15) is 11.4 Å². The van der Waals surface area contributed by atoms with Crippen LogP contribution in [0, 0.1) is 0 Å². The third kappa shape index (κ3) is 3.43. The molecule has 0 fully saturated rings. The zero-order chi connectivity index (χ0) is 12.1. The second kappa shape index (κ2) is 6.00. The van der Waals surface area contributed by atoms with Crippen molar-refractivity contribution in [3.63, 3.8) is 0 Å². The second-order valence-corrected chi connectivity index (χ2v) is 4.81. The predicted octanol–water partition coefficient (Wildman–Crippen LogP) is 2.91. The van der Waals surface area contributed by atoms with E-state index in [1.165, 1.54) is 0 Å². The zero-order valence-corrected chi connectivity index (χ0v) is 10.6. The Labute approximate surface area is 109 Å². The van der Waals surface area contributed by atoms with Crippen LogP contribution < -0.4 is 0 Å². The molecule has 0 radical (unpaired) electrons. The van der Waals surface area contributed by atoms with Gasteiger partial charge in [0.05, 0.1) is 17.4 Å². The summed E-state index contributed by atoms with van der Waals surface area (Å²) in [5.41, 5.74) is 0.719. The molecule has 5 heteroatoms. The van der Waals surface area contributed by atoms with Gasteiger partial charge in [-0.1, -0.05) is 23.7 Å². The van der Waals surface area contributed by atoms with Crippen LogP contribution in [0.5, 0.6) is 0 Å². The first-order valence-corrected chi connectivity index (χ1v) is 6.44. The minimum atomic E-state index is -0.0298. The summed E-state index contributed by atoms with van der Waals surface area (Å²) < 4.78 is 0. The van der Waals surface area contributed by atoms with Gasteiger partial charge in [0.1, 0.15) is 5.82 Å². The lowest BCUT2D eigenvalue weighted by molar-refractivity contribution is 0.281. The first kappa shape index (κ1) is 12.4. The van der Waals surface area contributed by atoms with Crippen molar-refractivity contribution in [2.24, 2.45) is 0 Å². The van der Waals surface area contributed by atoms with Crippen molar-refractivity contribution in [2.75, 3.05) is 0 Å². The Morgan fingerprint density at radius 2 is 1.88 bits per heavy atom. The molecule has 17 heavy (non-hydrogen) atoms. The molecule has 0 aliphatic heterocycles. The number of aliphatic hydroxyl groups excluding tert-OH is 1. The van der Waals surface area contributed by atoms with Crippen molar-refractivity contribution in [1.82, 2.24) is 9.97 Å². The van der Waals surface area contributed by atoms with Gasteiger partial charge in [0.15, 0.2) is 0 Å². The molecule has 88 valence electrons. The predicted molar refractivity (Wildman–Crippen MR) is 69.0 cm³/mol. The summed E-state index contributed by atoms with van der Waals surface area (Å²) in [5, 5.41) is 9.61. The van der Waals surface area contributed by atoms with E-state index in [0.29, 0.717) is 5.75 Å². The van der Waals surface area contributed by atoms with Crippen LogP contribution in [0.4, 0.5) is 0 Å². The number of thioether (sulfide) groups is 1. The van der Waals surface area contributed by atoms with Gasteiger partial charge in [0.25, 0.3) is 0 Å². The molecule has 0 aliphatic rings. The quantitative estimate of drug-likeness (QED) is 0.865. The number of aliphatic hydroxyl groups is 1. The monoisotopic (exact) mass is 266 g/mol. The minimum Gasteiger partial charge on any atom is -0.392 e. The van der Waals surface area contributed by atoms with Crippen molar-refractivity contribution in [3.05, 3.63) is 53.1 Å². The largest absolute Gasteiger partial charge is 0.392 e. The number of hydrogen-bond acceptors (Lipinski definition) is 4. The Bertz CT molecular complexity index is 490. The number of hydrogen-bond donors (Lipinski definition) is 1. The molecule has 1 aromatic heterocycles. The number of halogens is 1. The van der Waals surface area contributed by atoms with Gasteiger partial charge in [-0.15, -0.1) is 11.8 Å². The van der Waals surface area contributed by atoms with Crippen LogP contribution in [0.3, 0.4) is 0 Å². The molecular formula is C12H11ClN2OS. The lowest BCUT2D eigenvalue weighted by Gasteiger charge is -2.03. The van der Waals surface area contributed by atoms with Gasteiger partial charge in [-0.3, -0.25) is 0 Å². The van der Waals surface area contributed by atoms with E-state index >= 15 is 0 Å². The van der Waals surface area contributed by atoms with Gasteiger partial charge in [-0.25, -0.2) is 9.97 Å². The molecule has 1 aromatic carbocycles. The fourth-order valence-corrected chi connectivity index (χ4v) is 2.36. The average molecular weight is 267 g/mol. The summed E-state index contributed by atoms with van der Waals surface area (Å²) in [4.78, 5) is 9.34. The summed E-state index contributed by atoms with van der Waals surface area (Å²) in [5.74, 6) is 1.39. The van der Waals surface area contributed by atoms with E-state index in [1.54, 1.807) is 24.2 Å². The van der Waals surface area contributed by atoms with Crippen LogP contribution in [0.2, 0.25) is 5.02 Å². The van der Waals surface area contributed by atoms with Crippen molar-refractivity contribution in [2.45, 2.75) is 17.3 Å². The SMILES string of the molecule is OCc1cnc(CSc2ccccc2Cl)nc1. The maximum atomic E-state index is 8.87. The number of nitrogens with zero attached hydrogens (tertiary/aromatic N) is 2. The molecule has 3 nitrogen and oxygen atoms in total. The molecule has 1 heterocycles. The summed E-state index contributed by atoms with van der Waals surface area (Å²) in [6, 6.07) is 7.68. The van der Waals surface area contributed by atoms with Crippen molar-refractivity contribution >= 4 is 23.4 Å². The van der Waals surface area contributed by atoms with E-state index in [1.807, 2.05) is 24.3 Å². The van der Waals surface area contributed by atoms with Crippen LogP contribution >= 0.6 is 23.4 Å². The highest BCUT2D eigenvalue weighted by Gasteiger charge is 2.02. The van der Waals surface area contributed by atoms with Crippen LogP contribution in [-0.2, 0) is 12.4 Å². The number of aromatic nitrogens is 2. The second-order valence-electron chi connectivity index (χ2n) is 3.38. The fraction of sp³-hybridized carbons (Fsp3) is 0.167. The van der Waals surface area contributed by atoms with Gasteiger partial charge in [-0.05, 0) is 12.1 Å². The zero-order valence-electron chi connectivity index (χ0n) is 9.01. The molecule has 0 saturated heterocycles. The molecule has 0 aliphatic carbocycles. The molecule has 2 rings (SSSR count). The first-order chi connectivity index (χ1) is 8.29. The molecule has 0 bridgehead atoms. The Hall–Kier alpha value is -1.10. The molecule has 2 aromatic rings. The standard InChI is InChI=1S/C12H11ClN2OS/c13-10-3-1-2-4-11(10)17-8-12-14-5-9(7-16)6-15-12/h1-6,16H,7-8H2. The summed E-state index contributed by atoms with van der Waals surface area (Å²) in [6.07, 6.45) is 3.27. The normalized spacial score (nSPS) is 10.5. The summed E-state index contributed by atoms with van der Waals surface area (Å²) >= 11 is 7.64. The molecule has 0 atom stereocenters. The van der Waals surface area contributed by atoms with Crippen molar-refractivity contribution < 1.29 is 5.11 Å². The lowest BCUT2D eigenvalue weighted by Crippen LogP contribution is -1.94. The Morgan fingerprint density at radius 1 is 1.18 bits per heavy atom. The van der Waals surface area contributed by atoms with Gasteiger partial charge in [-0.2, -0.15) is 0 Å². The molecule has 0 unspecified atom stereocenters. The van der Waals surface area contributed by atoms with Gasteiger partial charge in [0, 0.05) is 22.9 Å². The van der Waals surface area contributed by atoms with Crippen LogP contribution in [0.15, 0.2) is 41.6 Å². The third-order valence-corrected chi connectivity index (χ3v) is 3.65. The number of rotatable bonds is 4. The molecule has 0 spiro atoms. The average Bonchev–Trinajstić information content (AvgIpc) is 2.38. The van der Waals surface area contributed by atoms with E-state index in [0.717, 1.165) is 21.3 Å². The van der Waals surface area contributed by atoms with Gasteiger partial charge in [0.2, 0.25) is 0 Å². The van der Waals surface area contributed by atoms with Gasteiger partial charge >= 0.3 is 0 Å². The maximum Gasteiger partial charge on any atom is 0.138 e. The molecular weight excluding hydrogens is 256 g/mol.